The molecule has 1 N–H and O–H groups in total. The highest BCUT2D eigenvalue weighted by molar-refractivity contribution is 6.29. The summed E-state index contributed by atoms with van der Waals surface area (Å²) >= 11 is 5.78. The molecule has 0 atom stereocenters. The molecule has 0 aliphatic carbocycles. The van der Waals surface area contributed by atoms with Crippen LogP contribution in [0.5, 0.6) is 0 Å². The Morgan fingerprint density at radius 1 is 1.08 bits per heavy atom. The van der Waals surface area contributed by atoms with E-state index in [2.05, 4.69) is 46.1 Å². The van der Waals surface area contributed by atoms with Crippen molar-refractivity contribution < 1.29 is 4.79 Å². The number of aryl methyl sites for hydroxylation is 1. The molecule has 0 bridgehead atoms. The maximum Gasteiger partial charge on any atom is 0.228 e. The van der Waals surface area contributed by atoms with E-state index in [-0.39, 0.29) is 12.3 Å². The predicted molar refractivity (Wildman–Crippen MR) is 107 cm³/mol. The first-order valence-corrected chi connectivity index (χ1v) is 8.95. The number of carbonyl (C=O) groups is 1. The van der Waals surface area contributed by atoms with Crippen LogP contribution in [0.3, 0.4) is 0 Å². The monoisotopic (exact) mass is 363 g/mol. The zero-order chi connectivity index (χ0) is 18.1. The Bertz CT molecular complexity index is 1100. The number of para-hydroxylation sites is 1. The molecule has 26 heavy (non-hydrogen) atoms. The smallest absolute Gasteiger partial charge is 0.228 e. The molecule has 4 nitrogen and oxygen atoms in total. The highest BCUT2D eigenvalue weighted by Crippen LogP contribution is 2.31. The average Bonchev–Trinajstić information content (AvgIpc) is 2.97. The minimum Gasteiger partial charge on any atom is -0.341 e. The number of hydrogen-bond acceptors (Lipinski definition) is 2. The van der Waals surface area contributed by atoms with Crippen molar-refractivity contribution in [2.24, 2.45) is 0 Å². The summed E-state index contributed by atoms with van der Waals surface area (Å²) in [7, 11) is 0. The van der Waals surface area contributed by atoms with Gasteiger partial charge in [0, 0.05) is 40.2 Å². The second-order valence-corrected chi connectivity index (χ2v) is 6.59. The number of fused-ring (bicyclic) bond motifs is 3. The van der Waals surface area contributed by atoms with Crippen LogP contribution < -0.4 is 5.32 Å². The molecule has 0 aliphatic rings. The minimum atomic E-state index is -0.0762. The summed E-state index contributed by atoms with van der Waals surface area (Å²) in [5.41, 5.74) is 4.01. The fourth-order valence-electron chi connectivity index (χ4n) is 3.37. The molecular formula is C21H18ClN3O. The van der Waals surface area contributed by atoms with Gasteiger partial charge in [0.25, 0.3) is 0 Å². The molecule has 4 rings (SSSR count). The molecule has 2 aromatic carbocycles. The number of anilines is 1. The number of pyridine rings is 1. The molecule has 0 spiro atoms. The number of benzene rings is 2. The number of amides is 1. The fourth-order valence-corrected chi connectivity index (χ4v) is 3.49. The van der Waals surface area contributed by atoms with Crippen LogP contribution in [0.1, 0.15) is 12.5 Å². The first kappa shape index (κ1) is 16.6. The quantitative estimate of drug-likeness (QED) is 0.516. The van der Waals surface area contributed by atoms with Crippen molar-refractivity contribution in [3.63, 3.8) is 0 Å². The molecule has 0 fully saturated rings. The van der Waals surface area contributed by atoms with E-state index in [0.717, 1.165) is 23.2 Å². The van der Waals surface area contributed by atoms with Gasteiger partial charge in [0.15, 0.2) is 0 Å². The van der Waals surface area contributed by atoms with Crippen LogP contribution >= 0.6 is 11.6 Å². The van der Waals surface area contributed by atoms with E-state index in [1.807, 2.05) is 24.3 Å². The number of aromatic nitrogens is 2. The molecule has 2 aromatic heterocycles. The Balaban J connectivity index is 1.64. The van der Waals surface area contributed by atoms with Gasteiger partial charge in [-0.05, 0) is 42.8 Å². The lowest BCUT2D eigenvalue weighted by atomic mass is 10.1. The zero-order valence-electron chi connectivity index (χ0n) is 14.4. The van der Waals surface area contributed by atoms with Crippen molar-refractivity contribution in [3.8, 4) is 0 Å². The lowest BCUT2D eigenvalue weighted by Crippen LogP contribution is -2.14. The van der Waals surface area contributed by atoms with Crippen molar-refractivity contribution in [2.45, 2.75) is 19.9 Å². The standard InChI is InChI=1S/C21H18ClN3O/c1-2-25-18-6-4-3-5-16(18)17-12-15(8-9-19(17)25)24-21(26)11-14-7-10-20(22)23-13-14/h3-10,12-13H,2,11H2,1H3,(H,24,26). The summed E-state index contributed by atoms with van der Waals surface area (Å²) in [6.45, 7) is 3.04. The molecule has 4 aromatic rings. The normalized spacial score (nSPS) is 11.2. The minimum absolute atomic E-state index is 0.0762. The summed E-state index contributed by atoms with van der Waals surface area (Å²) in [5, 5.41) is 5.75. The zero-order valence-corrected chi connectivity index (χ0v) is 15.1. The van der Waals surface area contributed by atoms with Gasteiger partial charge in [-0.3, -0.25) is 4.79 Å². The van der Waals surface area contributed by atoms with Gasteiger partial charge in [-0.25, -0.2) is 4.98 Å². The molecule has 0 radical (unpaired) electrons. The van der Waals surface area contributed by atoms with Crippen molar-refractivity contribution >= 4 is 45.0 Å². The molecule has 2 heterocycles. The lowest BCUT2D eigenvalue weighted by Gasteiger charge is -2.07. The van der Waals surface area contributed by atoms with E-state index in [1.54, 1.807) is 12.3 Å². The van der Waals surface area contributed by atoms with E-state index < -0.39 is 0 Å². The molecule has 1 amide bonds. The van der Waals surface area contributed by atoms with Crippen molar-refractivity contribution in [1.29, 1.82) is 0 Å². The predicted octanol–water partition coefficient (Wildman–Crippen LogP) is 5.04. The molecule has 130 valence electrons. The van der Waals surface area contributed by atoms with Crippen LogP contribution in [0.4, 0.5) is 5.69 Å². The van der Waals surface area contributed by atoms with E-state index >= 15 is 0 Å². The summed E-state index contributed by atoms with van der Waals surface area (Å²) in [5.74, 6) is -0.0762. The van der Waals surface area contributed by atoms with Gasteiger partial charge in [0.2, 0.25) is 5.91 Å². The Hall–Kier alpha value is -2.85. The molecule has 5 heteroatoms. The first-order valence-electron chi connectivity index (χ1n) is 8.57. The Morgan fingerprint density at radius 2 is 1.88 bits per heavy atom. The number of carbonyl (C=O) groups excluding carboxylic acids is 1. The van der Waals surface area contributed by atoms with Crippen LogP contribution in [0.15, 0.2) is 60.8 Å². The summed E-state index contributed by atoms with van der Waals surface area (Å²) in [6, 6.07) is 17.9. The molecule has 0 saturated heterocycles. The second-order valence-electron chi connectivity index (χ2n) is 6.21. The van der Waals surface area contributed by atoms with E-state index in [4.69, 9.17) is 11.6 Å². The van der Waals surface area contributed by atoms with E-state index in [0.29, 0.717) is 5.15 Å². The van der Waals surface area contributed by atoms with Crippen molar-refractivity contribution in [2.75, 3.05) is 5.32 Å². The molecule has 0 unspecified atom stereocenters. The fraction of sp³-hybridized carbons (Fsp3) is 0.143. The third-order valence-corrected chi connectivity index (χ3v) is 4.75. The third kappa shape index (κ3) is 3.04. The Kier molecular flexibility index (Phi) is 4.35. The van der Waals surface area contributed by atoms with Crippen molar-refractivity contribution in [1.82, 2.24) is 9.55 Å². The van der Waals surface area contributed by atoms with Gasteiger partial charge in [-0.15, -0.1) is 0 Å². The summed E-state index contributed by atoms with van der Waals surface area (Å²) in [6.07, 6.45) is 1.89. The first-order chi connectivity index (χ1) is 12.7. The number of hydrogen-bond donors (Lipinski definition) is 1. The van der Waals surface area contributed by atoms with Gasteiger partial charge >= 0.3 is 0 Å². The van der Waals surface area contributed by atoms with Gasteiger partial charge in [0.1, 0.15) is 5.15 Å². The molecule has 0 aliphatic heterocycles. The topological polar surface area (TPSA) is 46.9 Å². The molecular weight excluding hydrogens is 346 g/mol. The van der Waals surface area contributed by atoms with Crippen LogP contribution in [-0.4, -0.2) is 15.5 Å². The van der Waals surface area contributed by atoms with E-state index in [1.165, 1.54) is 16.4 Å². The van der Waals surface area contributed by atoms with Gasteiger partial charge in [-0.2, -0.15) is 0 Å². The Morgan fingerprint density at radius 3 is 2.65 bits per heavy atom. The van der Waals surface area contributed by atoms with Gasteiger partial charge < -0.3 is 9.88 Å². The highest BCUT2D eigenvalue weighted by atomic mass is 35.5. The highest BCUT2D eigenvalue weighted by Gasteiger charge is 2.11. The lowest BCUT2D eigenvalue weighted by molar-refractivity contribution is -0.115. The average molecular weight is 364 g/mol. The Labute approximate surface area is 156 Å². The van der Waals surface area contributed by atoms with Crippen LogP contribution in [0.2, 0.25) is 5.15 Å². The van der Waals surface area contributed by atoms with E-state index in [9.17, 15) is 4.79 Å². The summed E-state index contributed by atoms with van der Waals surface area (Å²) < 4.78 is 2.29. The maximum absolute atomic E-state index is 12.4. The molecule has 0 saturated carbocycles. The summed E-state index contributed by atoms with van der Waals surface area (Å²) in [4.78, 5) is 16.4. The van der Waals surface area contributed by atoms with Crippen LogP contribution in [-0.2, 0) is 17.8 Å². The number of nitrogens with one attached hydrogen (secondary N) is 1. The van der Waals surface area contributed by atoms with Gasteiger partial charge in [0.05, 0.1) is 6.42 Å². The second kappa shape index (κ2) is 6.81. The third-order valence-electron chi connectivity index (χ3n) is 4.53. The SMILES string of the molecule is CCn1c2ccccc2c2cc(NC(=O)Cc3ccc(Cl)nc3)ccc21. The maximum atomic E-state index is 12.4. The number of rotatable bonds is 4. The number of halogens is 1. The van der Waals surface area contributed by atoms with Gasteiger partial charge in [-0.1, -0.05) is 35.9 Å². The van der Waals surface area contributed by atoms with Crippen LogP contribution in [0, 0.1) is 0 Å². The van der Waals surface area contributed by atoms with Crippen molar-refractivity contribution in [3.05, 3.63) is 71.5 Å². The number of nitrogens with zero attached hydrogens (tertiary/aromatic N) is 2. The van der Waals surface area contributed by atoms with Crippen LogP contribution in [0.25, 0.3) is 21.8 Å². The largest absolute Gasteiger partial charge is 0.341 e.